The number of hydrogen-bond acceptors (Lipinski definition) is 4. The Morgan fingerprint density at radius 3 is 2.64 bits per heavy atom. The molecular formula is C28H36ClN3O4. The lowest BCUT2D eigenvalue weighted by molar-refractivity contribution is -0.141. The van der Waals surface area contributed by atoms with Gasteiger partial charge in [-0.1, -0.05) is 62.9 Å². The van der Waals surface area contributed by atoms with E-state index in [4.69, 9.17) is 16.3 Å². The van der Waals surface area contributed by atoms with Gasteiger partial charge in [0.05, 0.1) is 17.9 Å². The van der Waals surface area contributed by atoms with Crippen LogP contribution in [0.3, 0.4) is 0 Å². The molecule has 1 aromatic rings. The standard InChI is InChI=1S/C28H36ClN3O4/c1-16(2)12-14-32-24(26(34)30-18-7-5-4-6-8-18)28-13-11-21(36-28)22(23(28)27(32)35)25(33)31-19-10-9-17(3)20(29)15-19/h9-11,13,15-16,18,21-24H,4-8,12,14H2,1-3H3,(H,30,34)(H,31,33)/t21-,22-,23-,24-,28-/m0/s1. The van der Waals surface area contributed by atoms with Crippen LogP contribution in [0.4, 0.5) is 5.69 Å². The average Bonchev–Trinajstić information content (AvgIpc) is 3.48. The fraction of sp³-hybridized carbons (Fsp3) is 0.607. The van der Waals surface area contributed by atoms with Crippen molar-refractivity contribution in [2.75, 3.05) is 11.9 Å². The molecule has 2 bridgehead atoms. The van der Waals surface area contributed by atoms with Crippen molar-refractivity contribution in [3.63, 3.8) is 0 Å². The SMILES string of the molecule is Cc1ccc(NC(=O)[C@H]2[C@@H]3C=C[C@]4(O3)[C@@H]2C(=O)N(CCC(C)C)[C@H]4C(=O)NC2CCCCC2)cc1Cl. The molecule has 5 rings (SSSR count). The van der Waals surface area contributed by atoms with Crippen LogP contribution in [0.2, 0.25) is 5.02 Å². The van der Waals surface area contributed by atoms with Crippen molar-refractivity contribution < 1.29 is 19.1 Å². The van der Waals surface area contributed by atoms with Gasteiger partial charge in [0.25, 0.3) is 0 Å². The minimum Gasteiger partial charge on any atom is -0.359 e. The molecule has 1 aromatic carbocycles. The number of anilines is 1. The molecule has 2 saturated heterocycles. The van der Waals surface area contributed by atoms with Crippen LogP contribution in [0.25, 0.3) is 0 Å². The van der Waals surface area contributed by atoms with Crippen molar-refractivity contribution in [2.45, 2.75) is 83.1 Å². The smallest absolute Gasteiger partial charge is 0.246 e. The Balaban J connectivity index is 1.42. The highest BCUT2D eigenvalue weighted by Crippen LogP contribution is 2.55. The molecule has 2 N–H and O–H groups in total. The van der Waals surface area contributed by atoms with Gasteiger partial charge < -0.3 is 20.3 Å². The van der Waals surface area contributed by atoms with Gasteiger partial charge in [-0.15, -0.1) is 0 Å². The maximum atomic E-state index is 13.9. The van der Waals surface area contributed by atoms with Gasteiger partial charge in [-0.05, 0) is 49.8 Å². The number of amides is 3. The molecule has 5 atom stereocenters. The molecule has 0 radical (unpaired) electrons. The third-order valence-electron chi connectivity index (χ3n) is 8.26. The molecule has 1 spiro atoms. The van der Waals surface area contributed by atoms with Crippen LogP contribution in [0.15, 0.2) is 30.4 Å². The first-order chi connectivity index (χ1) is 17.2. The number of nitrogens with zero attached hydrogens (tertiary/aromatic N) is 1. The highest BCUT2D eigenvalue weighted by molar-refractivity contribution is 6.31. The number of hydrogen-bond donors (Lipinski definition) is 2. The summed E-state index contributed by atoms with van der Waals surface area (Å²) in [5, 5.41) is 6.72. The molecule has 0 aromatic heterocycles. The van der Waals surface area contributed by atoms with Gasteiger partial charge in [-0.2, -0.15) is 0 Å². The molecule has 3 fully saturated rings. The molecule has 36 heavy (non-hydrogen) atoms. The Labute approximate surface area is 218 Å². The largest absolute Gasteiger partial charge is 0.359 e. The molecular weight excluding hydrogens is 478 g/mol. The van der Waals surface area contributed by atoms with E-state index in [1.807, 2.05) is 25.1 Å². The quantitative estimate of drug-likeness (QED) is 0.534. The number of fused-ring (bicyclic) bond motifs is 1. The van der Waals surface area contributed by atoms with Gasteiger partial charge in [0, 0.05) is 23.3 Å². The van der Waals surface area contributed by atoms with Crippen LogP contribution < -0.4 is 10.6 Å². The highest BCUT2D eigenvalue weighted by atomic mass is 35.5. The van der Waals surface area contributed by atoms with E-state index in [9.17, 15) is 14.4 Å². The lowest BCUT2D eigenvalue weighted by Gasteiger charge is -2.34. The normalized spacial score (nSPS) is 31.2. The Morgan fingerprint density at radius 1 is 1.19 bits per heavy atom. The van der Waals surface area contributed by atoms with Gasteiger partial charge in [-0.3, -0.25) is 14.4 Å². The van der Waals surface area contributed by atoms with Crippen LogP contribution >= 0.6 is 11.6 Å². The molecule has 8 heteroatoms. The number of rotatable bonds is 7. The minimum atomic E-state index is -1.12. The molecule has 1 aliphatic carbocycles. The summed E-state index contributed by atoms with van der Waals surface area (Å²) < 4.78 is 6.41. The highest BCUT2D eigenvalue weighted by Gasteiger charge is 2.72. The van der Waals surface area contributed by atoms with Crippen LogP contribution in [0.1, 0.15) is 57.9 Å². The van der Waals surface area contributed by atoms with E-state index in [1.165, 1.54) is 6.42 Å². The zero-order valence-corrected chi connectivity index (χ0v) is 22.0. The third-order valence-corrected chi connectivity index (χ3v) is 8.67. The maximum Gasteiger partial charge on any atom is 0.246 e. The second-order valence-corrected chi connectivity index (χ2v) is 11.6. The third kappa shape index (κ3) is 4.34. The van der Waals surface area contributed by atoms with Crippen molar-refractivity contribution in [1.29, 1.82) is 0 Å². The number of carbonyl (C=O) groups excluding carboxylic acids is 3. The summed E-state index contributed by atoms with van der Waals surface area (Å²) in [6, 6.07) is 4.70. The first-order valence-corrected chi connectivity index (χ1v) is 13.6. The van der Waals surface area contributed by atoms with E-state index in [0.29, 0.717) is 23.2 Å². The second kappa shape index (κ2) is 9.82. The average molecular weight is 514 g/mol. The molecule has 1 saturated carbocycles. The van der Waals surface area contributed by atoms with Gasteiger partial charge >= 0.3 is 0 Å². The van der Waals surface area contributed by atoms with Crippen molar-refractivity contribution in [1.82, 2.24) is 10.2 Å². The van der Waals surface area contributed by atoms with Crippen LogP contribution in [-0.2, 0) is 19.1 Å². The summed E-state index contributed by atoms with van der Waals surface area (Å²) >= 11 is 6.25. The zero-order valence-electron chi connectivity index (χ0n) is 21.3. The predicted molar refractivity (Wildman–Crippen MR) is 139 cm³/mol. The van der Waals surface area contributed by atoms with Crippen molar-refractivity contribution in [3.8, 4) is 0 Å². The number of benzene rings is 1. The molecule has 3 amide bonds. The molecule has 7 nitrogen and oxygen atoms in total. The van der Waals surface area contributed by atoms with E-state index in [0.717, 1.165) is 37.7 Å². The first-order valence-electron chi connectivity index (χ1n) is 13.3. The minimum absolute atomic E-state index is 0.122. The van der Waals surface area contributed by atoms with E-state index in [-0.39, 0.29) is 23.8 Å². The first kappa shape index (κ1) is 25.3. The van der Waals surface area contributed by atoms with E-state index in [2.05, 4.69) is 24.5 Å². The monoisotopic (exact) mass is 513 g/mol. The predicted octanol–water partition coefficient (Wildman–Crippen LogP) is 4.23. The van der Waals surface area contributed by atoms with Crippen molar-refractivity contribution in [3.05, 3.63) is 40.9 Å². The van der Waals surface area contributed by atoms with Gasteiger partial charge in [-0.25, -0.2) is 0 Å². The maximum absolute atomic E-state index is 13.9. The number of aryl methyl sites for hydroxylation is 1. The van der Waals surface area contributed by atoms with Crippen LogP contribution in [0, 0.1) is 24.7 Å². The van der Waals surface area contributed by atoms with E-state index >= 15 is 0 Å². The molecule has 3 heterocycles. The summed E-state index contributed by atoms with van der Waals surface area (Å²) in [5.41, 5.74) is 0.369. The lowest BCUT2D eigenvalue weighted by Crippen LogP contribution is -2.56. The van der Waals surface area contributed by atoms with Crippen LogP contribution in [0.5, 0.6) is 0 Å². The Hall–Kier alpha value is -2.38. The summed E-state index contributed by atoms with van der Waals surface area (Å²) in [6.07, 6.45) is 9.25. The number of nitrogens with one attached hydrogen (secondary N) is 2. The number of halogens is 1. The molecule has 3 aliphatic heterocycles. The summed E-state index contributed by atoms with van der Waals surface area (Å²) in [5.74, 6) is -1.71. The van der Waals surface area contributed by atoms with E-state index in [1.54, 1.807) is 17.0 Å². The van der Waals surface area contributed by atoms with Crippen LogP contribution in [-0.4, -0.2) is 53.0 Å². The second-order valence-electron chi connectivity index (χ2n) is 11.2. The number of ether oxygens (including phenoxy) is 1. The lowest BCUT2D eigenvalue weighted by atomic mass is 9.74. The summed E-state index contributed by atoms with van der Waals surface area (Å²) in [4.78, 5) is 42.8. The summed E-state index contributed by atoms with van der Waals surface area (Å²) in [7, 11) is 0. The Morgan fingerprint density at radius 2 is 1.94 bits per heavy atom. The summed E-state index contributed by atoms with van der Waals surface area (Å²) in [6.45, 7) is 6.55. The molecule has 0 unspecified atom stereocenters. The van der Waals surface area contributed by atoms with Gasteiger partial charge in [0.1, 0.15) is 11.6 Å². The zero-order chi connectivity index (χ0) is 25.6. The molecule has 194 valence electrons. The molecule has 4 aliphatic rings. The van der Waals surface area contributed by atoms with E-state index < -0.39 is 29.6 Å². The fourth-order valence-electron chi connectivity index (χ4n) is 6.33. The Bertz CT molecular complexity index is 1080. The topological polar surface area (TPSA) is 87.7 Å². The van der Waals surface area contributed by atoms with Crippen molar-refractivity contribution >= 4 is 35.0 Å². The Kier molecular flexibility index (Phi) is 6.90. The van der Waals surface area contributed by atoms with Gasteiger partial charge in [0.2, 0.25) is 17.7 Å². The van der Waals surface area contributed by atoms with Crippen molar-refractivity contribution in [2.24, 2.45) is 17.8 Å². The van der Waals surface area contributed by atoms with Gasteiger partial charge in [0.15, 0.2) is 0 Å². The number of likely N-dealkylation sites (tertiary alicyclic amines) is 1. The fourth-order valence-corrected chi connectivity index (χ4v) is 6.51. The number of carbonyl (C=O) groups is 3.